The second-order valence-corrected chi connectivity index (χ2v) is 4.92. The van der Waals surface area contributed by atoms with E-state index in [0.29, 0.717) is 11.4 Å². The van der Waals surface area contributed by atoms with Crippen molar-refractivity contribution in [3.8, 4) is 5.75 Å². The molecular formula is C16H17N3O5. The Labute approximate surface area is 138 Å². The summed E-state index contributed by atoms with van der Waals surface area (Å²) >= 11 is 0. The Balaban J connectivity index is 1.70. The van der Waals surface area contributed by atoms with Crippen LogP contribution in [0.1, 0.15) is 0 Å². The third-order valence-electron chi connectivity index (χ3n) is 3.02. The van der Waals surface area contributed by atoms with Crippen LogP contribution in [0.4, 0.5) is 16.2 Å². The molecule has 0 radical (unpaired) electrons. The number of carbonyl (C=O) groups excluding carboxylic acids is 1. The number of carbonyl (C=O) groups is 1. The molecule has 0 aromatic heterocycles. The number of rotatable bonds is 7. The number of ether oxygens (including phenoxy) is 1. The number of benzene rings is 2. The second-order valence-electron chi connectivity index (χ2n) is 4.92. The molecule has 0 aliphatic heterocycles. The van der Waals surface area contributed by atoms with Crippen molar-refractivity contribution in [1.82, 2.24) is 5.32 Å². The Hall–Kier alpha value is -3.13. The van der Waals surface area contributed by atoms with Gasteiger partial charge in [-0.05, 0) is 24.3 Å². The van der Waals surface area contributed by atoms with Gasteiger partial charge in [0.05, 0.1) is 4.92 Å². The van der Waals surface area contributed by atoms with Crippen LogP contribution in [0, 0.1) is 10.1 Å². The number of hydrogen-bond acceptors (Lipinski definition) is 5. The van der Waals surface area contributed by atoms with Gasteiger partial charge in [0, 0.05) is 24.4 Å². The molecule has 8 heteroatoms. The zero-order valence-corrected chi connectivity index (χ0v) is 12.7. The summed E-state index contributed by atoms with van der Waals surface area (Å²) in [6.45, 7) is -0.0466. The van der Waals surface area contributed by atoms with Crippen LogP contribution < -0.4 is 15.4 Å². The van der Waals surface area contributed by atoms with E-state index in [1.807, 2.05) is 6.07 Å². The molecule has 3 N–H and O–H groups in total. The van der Waals surface area contributed by atoms with Gasteiger partial charge in [-0.3, -0.25) is 10.1 Å². The van der Waals surface area contributed by atoms with Gasteiger partial charge in [0.25, 0.3) is 5.69 Å². The van der Waals surface area contributed by atoms with Crippen LogP contribution in [0.2, 0.25) is 0 Å². The number of nitrogens with one attached hydrogen (secondary N) is 2. The summed E-state index contributed by atoms with van der Waals surface area (Å²) in [5.41, 5.74) is 0.605. The number of urea groups is 1. The van der Waals surface area contributed by atoms with E-state index in [1.165, 1.54) is 24.3 Å². The van der Waals surface area contributed by atoms with Gasteiger partial charge in [0.15, 0.2) is 0 Å². The number of hydrogen-bond donors (Lipinski definition) is 3. The first-order chi connectivity index (χ1) is 11.5. The molecule has 0 aliphatic rings. The minimum atomic E-state index is -0.915. The fourth-order valence-electron chi connectivity index (χ4n) is 1.82. The lowest BCUT2D eigenvalue weighted by Gasteiger charge is -2.13. The smallest absolute Gasteiger partial charge is 0.319 e. The van der Waals surface area contributed by atoms with E-state index in [-0.39, 0.29) is 18.8 Å². The van der Waals surface area contributed by atoms with Gasteiger partial charge in [-0.25, -0.2) is 4.79 Å². The van der Waals surface area contributed by atoms with Crippen LogP contribution >= 0.6 is 0 Å². The molecule has 1 atom stereocenters. The number of amides is 2. The highest BCUT2D eigenvalue weighted by Crippen LogP contribution is 2.17. The molecule has 0 heterocycles. The van der Waals surface area contributed by atoms with Gasteiger partial charge in [0.1, 0.15) is 18.5 Å². The molecule has 8 nitrogen and oxygen atoms in total. The third kappa shape index (κ3) is 5.58. The molecule has 0 saturated heterocycles. The van der Waals surface area contributed by atoms with Crippen molar-refractivity contribution in [3.05, 3.63) is 64.7 Å². The molecule has 0 saturated carbocycles. The van der Waals surface area contributed by atoms with E-state index in [2.05, 4.69) is 10.6 Å². The van der Waals surface area contributed by atoms with E-state index < -0.39 is 17.1 Å². The number of nitrogens with zero attached hydrogens (tertiary/aromatic N) is 1. The van der Waals surface area contributed by atoms with Gasteiger partial charge < -0.3 is 20.5 Å². The van der Waals surface area contributed by atoms with Crippen LogP contribution in [-0.4, -0.2) is 35.3 Å². The van der Waals surface area contributed by atoms with E-state index in [0.717, 1.165) is 0 Å². The maximum atomic E-state index is 11.7. The normalized spacial score (nSPS) is 11.4. The Morgan fingerprint density at radius 1 is 1.17 bits per heavy atom. The number of para-hydroxylation sites is 1. The number of nitro benzene ring substituents is 1. The zero-order chi connectivity index (χ0) is 17.4. The molecule has 126 valence electrons. The lowest BCUT2D eigenvalue weighted by Crippen LogP contribution is -2.37. The average Bonchev–Trinajstić information content (AvgIpc) is 2.59. The Morgan fingerprint density at radius 3 is 2.46 bits per heavy atom. The molecule has 24 heavy (non-hydrogen) atoms. The summed E-state index contributed by atoms with van der Waals surface area (Å²) < 4.78 is 5.31. The highest BCUT2D eigenvalue weighted by molar-refractivity contribution is 5.89. The summed E-state index contributed by atoms with van der Waals surface area (Å²) in [6, 6.07) is 14.0. The zero-order valence-electron chi connectivity index (χ0n) is 12.7. The van der Waals surface area contributed by atoms with Crippen LogP contribution in [0.3, 0.4) is 0 Å². The van der Waals surface area contributed by atoms with Crippen molar-refractivity contribution in [3.63, 3.8) is 0 Å². The average molecular weight is 331 g/mol. The summed E-state index contributed by atoms with van der Waals surface area (Å²) in [6.07, 6.45) is -0.915. The lowest BCUT2D eigenvalue weighted by molar-refractivity contribution is -0.384. The van der Waals surface area contributed by atoms with Crippen molar-refractivity contribution in [2.45, 2.75) is 6.10 Å². The monoisotopic (exact) mass is 331 g/mol. The number of anilines is 1. The Kier molecular flexibility index (Phi) is 6.09. The second kappa shape index (κ2) is 8.49. The van der Waals surface area contributed by atoms with Crippen LogP contribution in [-0.2, 0) is 0 Å². The first-order valence-corrected chi connectivity index (χ1v) is 7.20. The molecule has 2 aromatic rings. The third-order valence-corrected chi connectivity index (χ3v) is 3.02. The quantitative estimate of drug-likeness (QED) is 0.531. The highest BCUT2D eigenvalue weighted by Gasteiger charge is 2.09. The van der Waals surface area contributed by atoms with E-state index in [1.54, 1.807) is 24.3 Å². The molecule has 2 amide bonds. The van der Waals surface area contributed by atoms with Crippen LogP contribution in [0.5, 0.6) is 5.75 Å². The van der Waals surface area contributed by atoms with E-state index in [4.69, 9.17) is 4.74 Å². The molecule has 2 rings (SSSR count). The fourth-order valence-corrected chi connectivity index (χ4v) is 1.82. The fraction of sp³-hybridized carbons (Fsp3) is 0.188. The summed E-state index contributed by atoms with van der Waals surface area (Å²) in [7, 11) is 0. The summed E-state index contributed by atoms with van der Waals surface area (Å²) in [5, 5.41) is 25.5. The number of nitro groups is 1. The predicted octanol–water partition coefficient (Wildman–Crippen LogP) is 2.16. The van der Waals surface area contributed by atoms with Gasteiger partial charge in [0.2, 0.25) is 0 Å². The molecule has 0 spiro atoms. The molecule has 0 fully saturated rings. The molecule has 2 aromatic carbocycles. The maximum absolute atomic E-state index is 11.7. The highest BCUT2D eigenvalue weighted by atomic mass is 16.6. The minimum Gasteiger partial charge on any atom is -0.491 e. The Bertz CT molecular complexity index is 676. The van der Waals surface area contributed by atoms with Crippen molar-refractivity contribution in [2.24, 2.45) is 0 Å². The van der Waals surface area contributed by atoms with Crippen molar-refractivity contribution < 1.29 is 19.6 Å². The minimum absolute atomic E-state index is 0.00560. The molecular weight excluding hydrogens is 314 g/mol. The number of aliphatic hydroxyl groups is 1. The number of aliphatic hydroxyl groups excluding tert-OH is 1. The standard InChI is InChI=1S/C16H17N3O5/c20-14(10-17-16(21)18-12-4-2-1-3-5-12)11-24-15-8-6-13(7-9-15)19(22)23/h1-9,14,20H,10-11H2,(H2,17,18,21)/t14-/m0/s1. The van der Waals surface area contributed by atoms with Gasteiger partial charge >= 0.3 is 6.03 Å². The predicted molar refractivity (Wildman–Crippen MR) is 88.1 cm³/mol. The molecule has 0 bridgehead atoms. The first kappa shape index (κ1) is 17.2. The Morgan fingerprint density at radius 2 is 1.83 bits per heavy atom. The topological polar surface area (TPSA) is 114 Å². The maximum Gasteiger partial charge on any atom is 0.319 e. The van der Waals surface area contributed by atoms with Crippen molar-refractivity contribution in [1.29, 1.82) is 0 Å². The first-order valence-electron chi connectivity index (χ1n) is 7.20. The van der Waals surface area contributed by atoms with E-state index in [9.17, 15) is 20.0 Å². The van der Waals surface area contributed by atoms with Crippen LogP contribution in [0.25, 0.3) is 0 Å². The lowest BCUT2D eigenvalue weighted by atomic mass is 10.3. The van der Waals surface area contributed by atoms with Crippen LogP contribution in [0.15, 0.2) is 54.6 Å². The SMILES string of the molecule is O=C(NC[C@H](O)COc1ccc([N+](=O)[O-])cc1)Nc1ccccc1. The van der Waals surface area contributed by atoms with Gasteiger partial charge in [-0.1, -0.05) is 18.2 Å². The summed E-state index contributed by atoms with van der Waals surface area (Å²) in [4.78, 5) is 21.7. The molecule has 0 aliphatic carbocycles. The van der Waals surface area contributed by atoms with Gasteiger partial charge in [-0.2, -0.15) is 0 Å². The van der Waals surface area contributed by atoms with Crippen molar-refractivity contribution >= 4 is 17.4 Å². The van der Waals surface area contributed by atoms with Gasteiger partial charge in [-0.15, -0.1) is 0 Å². The summed E-state index contributed by atoms with van der Waals surface area (Å²) in [5.74, 6) is 0.397. The molecule has 0 unspecified atom stereocenters. The van der Waals surface area contributed by atoms with Crippen molar-refractivity contribution in [2.75, 3.05) is 18.5 Å². The van der Waals surface area contributed by atoms with E-state index >= 15 is 0 Å². The number of non-ortho nitro benzene ring substituents is 1. The largest absolute Gasteiger partial charge is 0.491 e.